The maximum absolute atomic E-state index is 12.6. The Kier molecular flexibility index (Phi) is 36.6. The summed E-state index contributed by atoms with van der Waals surface area (Å²) in [5.41, 5.74) is 0. The third-order valence-corrected chi connectivity index (χ3v) is 9.81. The predicted molar refractivity (Wildman–Crippen MR) is 210 cm³/mol. The van der Waals surface area contributed by atoms with Gasteiger partial charge in [0, 0.05) is 12.8 Å². The summed E-state index contributed by atoms with van der Waals surface area (Å²) in [6.45, 7) is 2.35. The molecule has 10 nitrogen and oxygen atoms in total. The Bertz CT molecular complexity index is 925. The normalized spacial score (nSPS) is 14.2. The number of allylic oxidation sites excluding steroid dienone is 4. The van der Waals surface area contributed by atoms with E-state index in [1.165, 1.54) is 89.9 Å². The molecule has 306 valence electrons. The zero-order valence-corrected chi connectivity index (χ0v) is 33.9. The zero-order chi connectivity index (χ0) is 38.4. The molecule has 0 heterocycles. The Labute approximate surface area is 317 Å². The van der Waals surface area contributed by atoms with Crippen molar-refractivity contribution < 1.29 is 47.8 Å². The lowest BCUT2D eigenvalue weighted by Crippen LogP contribution is -2.29. The highest BCUT2D eigenvalue weighted by molar-refractivity contribution is 7.47. The van der Waals surface area contributed by atoms with Gasteiger partial charge in [-0.3, -0.25) is 18.6 Å². The van der Waals surface area contributed by atoms with Crippen LogP contribution in [0.1, 0.15) is 187 Å². The Hall–Kier alpha value is -1.55. The van der Waals surface area contributed by atoms with Crippen molar-refractivity contribution in [2.75, 3.05) is 26.4 Å². The number of phosphoric ester groups is 1. The molecule has 0 amide bonds. The largest absolute Gasteiger partial charge is 0.472 e. The average molecular weight is 761 g/mol. The van der Waals surface area contributed by atoms with Crippen LogP contribution in [0.5, 0.6) is 0 Å². The summed E-state index contributed by atoms with van der Waals surface area (Å²) in [6, 6.07) is 0. The first-order valence-electron chi connectivity index (χ1n) is 20.8. The van der Waals surface area contributed by atoms with Crippen LogP contribution < -0.4 is 0 Å². The first-order valence-corrected chi connectivity index (χ1v) is 22.3. The molecule has 0 radical (unpaired) electrons. The van der Waals surface area contributed by atoms with Crippen LogP contribution in [0.3, 0.4) is 0 Å². The highest BCUT2D eigenvalue weighted by atomic mass is 31.2. The summed E-state index contributed by atoms with van der Waals surface area (Å²) >= 11 is 0. The molecule has 0 saturated carbocycles. The highest BCUT2D eigenvalue weighted by Crippen LogP contribution is 2.43. The van der Waals surface area contributed by atoms with Crippen molar-refractivity contribution in [2.45, 2.75) is 199 Å². The Morgan fingerprint density at radius 1 is 0.577 bits per heavy atom. The Balaban J connectivity index is 4.34. The molecule has 0 saturated heterocycles. The van der Waals surface area contributed by atoms with Crippen molar-refractivity contribution in [3.05, 3.63) is 24.3 Å². The SMILES string of the molecule is CCCCCC/C=C\C/C=C\CCCCCCCC(=O)OC(COC(=O)CCCCCCCCCCCCCCC)COP(=O)(O)OCC(O)CO. The third kappa shape index (κ3) is 36.8. The summed E-state index contributed by atoms with van der Waals surface area (Å²) in [5.74, 6) is -0.936. The lowest BCUT2D eigenvalue weighted by Gasteiger charge is -2.20. The van der Waals surface area contributed by atoms with Gasteiger partial charge in [0.15, 0.2) is 6.10 Å². The zero-order valence-electron chi connectivity index (χ0n) is 33.0. The number of ether oxygens (including phenoxy) is 2. The maximum atomic E-state index is 12.6. The Morgan fingerprint density at radius 3 is 1.50 bits per heavy atom. The monoisotopic (exact) mass is 761 g/mol. The lowest BCUT2D eigenvalue weighted by molar-refractivity contribution is -0.161. The van der Waals surface area contributed by atoms with Gasteiger partial charge in [0.25, 0.3) is 0 Å². The molecule has 0 aliphatic heterocycles. The van der Waals surface area contributed by atoms with Gasteiger partial charge < -0.3 is 24.6 Å². The lowest BCUT2D eigenvalue weighted by atomic mass is 10.0. The van der Waals surface area contributed by atoms with E-state index in [0.29, 0.717) is 12.8 Å². The van der Waals surface area contributed by atoms with Gasteiger partial charge in [-0.15, -0.1) is 0 Å². The number of hydrogen-bond acceptors (Lipinski definition) is 9. The fraction of sp³-hybridized carbons (Fsp3) is 0.854. The molecule has 0 aromatic carbocycles. The van der Waals surface area contributed by atoms with Crippen LogP contribution in [0, 0.1) is 0 Å². The van der Waals surface area contributed by atoms with Crippen LogP contribution in [-0.2, 0) is 32.7 Å². The van der Waals surface area contributed by atoms with E-state index in [1.807, 2.05) is 0 Å². The topological polar surface area (TPSA) is 149 Å². The third-order valence-electron chi connectivity index (χ3n) is 8.86. The summed E-state index contributed by atoms with van der Waals surface area (Å²) in [6.07, 6.45) is 35.7. The van der Waals surface area contributed by atoms with Gasteiger partial charge in [-0.05, 0) is 44.9 Å². The van der Waals surface area contributed by atoms with Crippen molar-refractivity contribution in [2.24, 2.45) is 0 Å². The molecular weight excluding hydrogens is 683 g/mol. The average Bonchev–Trinajstić information content (AvgIpc) is 3.13. The van der Waals surface area contributed by atoms with E-state index in [-0.39, 0.29) is 19.4 Å². The smallest absolute Gasteiger partial charge is 0.462 e. The number of aliphatic hydroxyl groups is 2. The number of carbonyl (C=O) groups excluding carboxylic acids is 2. The molecule has 0 aromatic rings. The van der Waals surface area contributed by atoms with Gasteiger partial charge in [0.1, 0.15) is 12.7 Å². The molecule has 0 spiro atoms. The van der Waals surface area contributed by atoms with Gasteiger partial charge in [-0.25, -0.2) is 4.57 Å². The van der Waals surface area contributed by atoms with Crippen molar-refractivity contribution >= 4 is 19.8 Å². The second-order valence-corrected chi connectivity index (χ2v) is 15.5. The molecule has 3 N–H and O–H groups in total. The van der Waals surface area contributed by atoms with Gasteiger partial charge in [0.2, 0.25) is 0 Å². The highest BCUT2D eigenvalue weighted by Gasteiger charge is 2.27. The second kappa shape index (κ2) is 37.8. The van der Waals surface area contributed by atoms with Gasteiger partial charge in [-0.2, -0.15) is 0 Å². The molecule has 3 atom stereocenters. The molecule has 0 bridgehead atoms. The van der Waals surface area contributed by atoms with E-state index < -0.39 is 51.8 Å². The number of phosphoric acid groups is 1. The standard InChI is InChI=1S/C41H77O10P/c1-3-5-7-9-11-13-15-17-18-19-21-23-25-27-29-31-33-41(45)51-39(37-50-52(46,47)49-35-38(43)34-42)36-48-40(44)32-30-28-26-24-22-20-16-14-12-10-8-6-4-2/h13,15,18-19,38-39,42-43H,3-12,14,16-17,20-37H2,1-2H3,(H,46,47)/b15-13-,19-18-. The van der Waals surface area contributed by atoms with Crippen molar-refractivity contribution in [3.63, 3.8) is 0 Å². The molecule has 0 aliphatic carbocycles. The summed E-state index contributed by atoms with van der Waals surface area (Å²) in [5, 5.41) is 18.3. The molecule has 11 heteroatoms. The van der Waals surface area contributed by atoms with Crippen molar-refractivity contribution in [3.8, 4) is 0 Å². The number of hydrogen-bond donors (Lipinski definition) is 3. The van der Waals surface area contributed by atoms with Crippen LogP contribution in [0.25, 0.3) is 0 Å². The molecule has 0 aliphatic rings. The van der Waals surface area contributed by atoms with Crippen LogP contribution in [0.2, 0.25) is 0 Å². The summed E-state index contributed by atoms with van der Waals surface area (Å²) in [7, 11) is -4.61. The van der Waals surface area contributed by atoms with Crippen LogP contribution in [0.15, 0.2) is 24.3 Å². The molecule has 0 rings (SSSR count). The second-order valence-electron chi connectivity index (χ2n) is 14.0. The first-order chi connectivity index (χ1) is 25.2. The minimum Gasteiger partial charge on any atom is -0.462 e. The molecular formula is C41H77O10P. The Morgan fingerprint density at radius 2 is 1.00 bits per heavy atom. The van der Waals surface area contributed by atoms with E-state index in [9.17, 15) is 24.2 Å². The predicted octanol–water partition coefficient (Wildman–Crippen LogP) is 10.6. The van der Waals surface area contributed by atoms with E-state index >= 15 is 0 Å². The van der Waals surface area contributed by atoms with E-state index in [1.54, 1.807) is 0 Å². The van der Waals surface area contributed by atoms with Crippen LogP contribution in [-0.4, -0.2) is 65.7 Å². The number of esters is 2. The molecule has 0 fully saturated rings. The minimum atomic E-state index is -4.61. The minimum absolute atomic E-state index is 0.171. The molecule has 52 heavy (non-hydrogen) atoms. The number of rotatable bonds is 39. The fourth-order valence-electron chi connectivity index (χ4n) is 5.61. The van der Waals surface area contributed by atoms with Crippen LogP contribution in [0.4, 0.5) is 0 Å². The van der Waals surface area contributed by atoms with Crippen LogP contribution >= 0.6 is 7.82 Å². The fourth-order valence-corrected chi connectivity index (χ4v) is 6.40. The van der Waals surface area contributed by atoms with Crippen molar-refractivity contribution in [1.82, 2.24) is 0 Å². The summed E-state index contributed by atoms with van der Waals surface area (Å²) < 4.78 is 32.6. The van der Waals surface area contributed by atoms with Crippen molar-refractivity contribution in [1.29, 1.82) is 0 Å². The molecule has 0 aromatic heterocycles. The van der Waals surface area contributed by atoms with E-state index in [0.717, 1.165) is 57.8 Å². The molecule has 3 unspecified atom stereocenters. The van der Waals surface area contributed by atoms with E-state index in [4.69, 9.17) is 19.1 Å². The first kappa shape index (κ1) is 50.5. The van der Waals surface area contributed by atoms with E-state index in [2.05, 4.69) is 42.7 Å². The number of unbranched alkanes of at least 4 members (excludes halogenated alkanes) is 21. The van der Waals surface area contributed by atoms with Gasteiger partial charge in [-0.1, -0.05) is 154 Å². The maximum Gasteiger partial charge on any atom is 0.472 e. The van der Waals surface area contributed by atoms with Gasteiger partial charge >= 0.3 is 19.8 Å². The number of aliphatic hydroxyl groups excluding tert-OH is 2. The summed E-state index contributed by atoms with van der Waals surface area (Å²) in [4.78, 5) is 34.9. The number of carbonyl (C=O) groups is 2. The quantitative estimate of drug-likeness (QED) is 0.0239. The van der Waals surface area contributed by atoms with Gasteiger partial charge in [0.05, 0.1) is 19.8 Å².